The van der Waals surface area contributed by atoms with Crippen molar-refractivity contribution >= 4 is 26.0 Å². The highest BCUT2D eigenvalue weighted by Crippen LogP contribution is 2.36. The quantitative estimate of drug-likeness (QED) is 0.137. The smallest absolute Gasteiger partial charge is 0.480 e. The molecule has 0 aromatic heterocycles. The van der Waals surface area contributed by atoms with Crippen molar-refractivity contribution in [2.75, 3.05) is 0 Å². The van der Waals surface area contributed by atoms with E-state index in [0.717, 1.165) is 17.0 Å². The van der Waals surface area contributed by atoms with Gasteiger partial charge < -0.3 is 9.23 Å². The Morgan fingerprint density at radius 1 is 0.600 bits per heavy atom. The van der Waals surface area contributed by atoms with Gasteiger partial charge in [0, 0.05) is 6.42 Å². The number of hydrogen-bond donors (Lipinski definition) is 1. The Labute approximate surface area is 204 Å². The molecule has 0 aliphatic heterocycles. The highest BCUT2D eigenvalue weighted by molar-refractivity contribution is 8.13. The molecule has 0 saturated heterocycles. The van der Waals surface area contributed by atoms with Gasteiger partial charge >= 0.3 is 17.0 Å². The maximum atomic E-state index is 11.4. The highest BCUT2D eigenvalue weighted by atomic mass is 32.3. The molecular weight excluding hydrogens is 528 g/mol. The van der Waals surface area contributed by atoms with Gasteiger partial charge in [0.25, 0.3) is 0 Å². The van der Waals surface area contributed by atoms with Gasteiger partial charge in [0.15, 0.2) is 20.0 Å². The molecule has 0 amide bonds. The van der Waals surface area contributed by atoms with Gasteiger partial charge in [0.1, 0.15) is 0 Å². The number of carboxylic acid groups (broad SMARTS) is 1. The fraction of sp³-hybridized carbons (Fsp3) is 0.950. The summed E-state index contributed by atoms with van der Waals surface area (Å²) in [6, 6.07) is 0. The van der Waals surface area contributed by atoms with Crippen LogP contribution in [-0.4, -0.2) is 38.9 Å². The van der Waals surface area contributed by atoms with Crippen molar-refractivity contribution in [2.24, 2.45) is 0 Å². The second-order valence-electron chi connectivity index (χ2n) is 8.01. The van der Waals surface area contributed by atoms with E-state index in [2.05, 4.69) is 6.92 Å². The summed E-state index contributed by atoms with van der Waals surface area (Å²) in [6.45, 7) is 2.27. The topological polar surface area (TPSA) is 120 Å². The molecule has 0 aromatic rings. The third kappa shape index (κ3) is 19.7. The standard InChI is InChI=1S/C18H36O2.C2F6NO4S2/c1-2-3-4-5-6-7-8-9-10-11-12-13-14-15-16-17-18(19)20;3-1(4,5)14(10,11)9-15(12,13)2(6,7)8/h2-17H2,1H3,(H,19,20);/q;-1. The van der Waals surface area contributed by atoms with Crippen molar-refractivity contribution in [1.29, 1.82) is 0 Å². The van der Waals surface area contributed by atoms with E-state index in [1.54, 1.807) is 0 Å². The van der Waals surface area contributed by atoms with Crippen LogP contribution in [0.2, 0.25) is 0 Å². The van der Waals surface area contributed by atoms with Crippen LogP contribution in [-0.2, 0) is 24.8 Å². The number of carbonyl (C=O) groups is 1. The Morgan fingerprint density at radius 3 is 1.09 bits per heavy atom. The molecule has 0 spiro atoms. The van der Waals surface area contributed by atoms with Gasteiger partial charge in [-0.15, -0.1) is 0 Å². The van der Waals surface area contributed by atoms with E-state index in [-0.39, 0.29) is 0 Å². The van der Waals surface area contributed by atoms with Crippen molar-refractivity contribution in [3.8, 4) is 0 Å². The number of rotatable bonds is 18. The molecule has 0 aliphatic rings. The minimum absolute atomic E-state index is 0.345. The number of alkyl halides is 6. The Hall–Kier alpha value is -1.09. The lowest BCUT2D eigenvalue weighted by molar-refractivity contribution is -0.137. The number of unbranched alkanes of at least 4 members (excludes halogenated alkanes) is 14. The Bertz CT molecular complexity index is 726. The lowest BCUT2D eigenvalue weighted by Gasteiger charge is -2.22. The maximum absolute atomic E-state index is 11.4. The number of nitrogens with zero attached hydrogens (tertiary/aromatic N) is 1. The van der Waals surface area contributed by atoms with E-state index in [1.807, 2.05) is 0 Å². The third-order valence-electron chi connectivity index (χ3n) is 4.78. The molecule has 35 heavy (non-hydrogen) atoms. The van der Waals surface area contributed by atoms with Crippen LogP contribution in [0.25, 0.3) is 4.13 Å². The zero-order valence-electron chi connectivity index (χ0n) is 19.8. The van der Waals surface area contributed by atoms with E-state index in [0.29, 0.717) is 6.42 Å². The first-order chi connectivity index (χ1) is 16.0. The van der Waals surface area contributed by atoms with Crippen LogP contribution in [0, 0.1) is 0 Å². The van der Waals surface area contributed by atoms with Gasteiger partial charge in [0.2, 0.25) is 0 Å². The number of sulfonamides is 2. The first-order valence-electron chi connectivity index (χ1n) is 11.6. The predicted octanol–water partition coefficient (Wildman–Crippen LogP) is 7.39. The average molecular weight is 565 g/mol. The largest absolute Gasteiger partial charge is 0.481 e. The van der Waals surface area contributed by atoms with Crippen LogP contribution >= 0.6 is 0 Å². The zero-order chi connectivity index (χ0) is 27.6. The van der Waals surface area contributed by atoms with Crippen molar-refractivity contribution in [3.05, 3.63) is 4.13 Å². The van der Waals surface area contributed by atoms with Gasteiger partial charge in [-0.1, -0.05) is 96.8 Å². The molecule has 0 rings (SSSR count). The number of carboxylic acids is 1. The molecule has 0 aromatic carbocycles. The van der Waals surface area contributed by atoms with Gasteiger partial charge in [-0.25, -0.2) is 16.8 Å². The summed E-state index contributed by atoms with van der Waals surface area (Å²) in [4.78, 5) is 10.3. The van der Waals surface area contributed by atoms with Crippen LogP contribution in [0.1, 0.15) is 110 Å². The normalized spacial score (nSPS) is 12.8. The lowest BCUT2D eigenvalue weighted by atomic mass is 10.0. The van der Waals surface area contributed by atoms with Crippen molar-refractivity contribution in [3.63, 3.8) is 0 Å². The fourth-order valence-corrected chi connectivity index (χ4v) is 4.57. The first kappa shape index (κ1) is 36.1. The Morgan fingerprint density at radius 2 is 0.857 bits per heavy atom. The van der Waals surface area contributed by atoms with Crippen molar-refractivity contribution in [2.45, 2.75) is 121 Å². The minimum Gasteiger partial charge on any atom is -0.481 e. The highest BCUT2D eigenvalue weighted by Gasteiger charge is 2.46. The maximum Gasteiger partial charge on any atom is 0.480 e. The second kappa shape index (κ2) is 18.2. The van der Waals surface area contributed by atoms with E-state index in [1.165, 1.54) is 83.5 Å². The van der Waals surface area contributed by atoms with E-state index >= 15 is 0 Å². The molecule has 0 aliphatic carbocycles. The van der Waals surface area contributed by atoms with E-state index in [4.69, 9.17) is 5.11 Å². The molecule has 1 N–H and O–H groups in total. The van der Waals surface area contributed by atoms with Crippen LogP contribution < -0.4 is 0 Å². The van der Waals surface area contributed by atoms with E-state index < -0.39 is 37.0 Å². The molecule has 0 fully saturated rings. The van der Waals surface area contributed by atoms with Gasteiger partial charge in [-0.2, -0.15) is 26.3 Å². The SMILES string of the molecule is CCCCCCCCCCCCCCCCCC(=O)O.O=S(=O)([N-]S(=O)(=O)C(F)(F)F)C(F)(F)F. The molecule has 7 nitrogen and oxygen atoms in total. The van der Waals surface area contributed by atoms with Gasteiger partial charge in [-0.05, 0) is 6.42 Å². The summed E-state index contributed by atoms with van der Waals surface area (Å²) < 4.78 is 109. The molecule has 0 radical (unpaired) electrons. The fourth-order valence-electron chi connectivity index (χ4n) is 2.86. The molecule has 0 bridgehead atoms. The summed E-state index contributed by atoms with van der Waals surface area (Å²) >= 11 is 0. The number of hydrogen-bond acceptors (Lipinski definition) is 5. The summed E-state index contributed by atoms with van der Waals surface area (Å²) in [5, 5.41) is 8.52. The summed E-state index contributed by atoms with van der Waals surface area (Å²) in [7, 11) is -13.4. The van der Waals surface area contributed by atoms with Gasteiger partial charge in [0.05, 0.1) is 0 Å². The Kier molecular flexibility index (Phi) is 18.8. The van der Waals surface area contributed by atoms with Crippen LogP contribution in [0.15, 0.2) is 0 Å². The zero-order valence-corrected chi connectivity index (χ0v) is 21.5. The van der Waals surface area contributed by atoms with Crippen molar-refractivity contribution in [1.82, 2.24) is 0 Å². The van der Waals surface area contributed by atoms with Crippen LogP contribution in [0.3, 0.4) is 0 Å². The molecular formula is C20H36F6NO6S2-. The predicted molar refractivity (Wildman–Crippen MR) is 120 cm³/mol. The molecule has 15 heteroatoms. The van der Waals surface area contributed by atoms with E-state index in [9.17, 15) is 48.0 Å². The summed E-state index contributed by atoms with van der Waals surface area (Å²) in [5.74, 6) is -0.653. The number of aliphatic carboxylic acids is 1. The molecule has 0 saturated carbocycles. The minimum atomic E-state index is -6.72. The van der Waals surface area contributed by atoms with Crippen molar-refractivity contribution < 1.29 is 53.1 Å². The lowest BCUT2D eigenvalue weighted by Crippen LogP contribution is -2.30. The van der Waals surface area contributed by atoms with Gasteiger partial charge in [-0.3, -0.25) is 4.79 Å². The summed E-state index contributed by atoms with van der Waals surface area (Å²) in [6.07, 6.45) is 20.2. The third-order valence-corrected chi connectivity index (χ3v) is 7.52. The second-order valence-corrected chi connectivity index (χ2v) is 11.4. The van der Waals surface area contributed by atoms with Crippen LogP contribution in [0.5, 0.6) is 0 Å². The van der Waals surface area contributed by atoms with Crippen LogP contribution in [0.4, 0.5) is 26.3 Å². The Balaban J connectivity index is 0. The molecule has 212 valence electrons. The molecule has 0 unspecified atom stereocenters. The molecule has 0 heterocycles. The summed E-state index contributed by atoms with van der Waals surface area (Å²) in [5.41, 5.74) is -12.4. The number of halogens is 6. The average Bonchev–Trinajstić information content (AvgIpc) is 2.68. The monoisotopic (exact) mass is 564 g/mol. The first-order valence-corrected chi connectivity index (χ1v) is 14.4. The molecule has 0 atom stereocenters.